The molecular formula is C14H18Cl2N2O. The fourth-order valence-corrected chi connectivity index (χ4v) is 2.76. The number of carbonyl (C=O) groups excluding carboxylic acids is 1. The first kappa shape index (κ1) is 14.8. The topological polar surface area (TPSA) is 32.3 Å². The molecule has 0 amide bonds. The minimum absolute atomic E-state index is 0.0943. The van der Waals surface area contributed by atoms with Crippen molar-refractivity contribution in [1.82, 2.24) is 10.2 Å². The van der Waals surface area contributed by atoms with Crippen molar-refractivity contribution in [3.63, 3.8) is 0 Å². The van der Waals surface area contributed by atoms with Gasteiger partial charge < -0.3 is 10.2 Å². The van der Waals surface area contributed by atoms with Crippen molar-refractivity contribution in [2.45, 2.75) is 12.8 Å². The number of hydrogen-bond acceptors (Lipinski definition) is 3. The van der Waals surface area contributed by atoms with Crippen LogP contribution in [0.2, 0.25) is 10.0 Å². The van der Waals surface area contributed by atoms with E-state index in [1.807, 2.05) is 0 Å². The van der Waals surface area contributed by atoms with Crippen LogP contribution in [0.5, 0.6) is 0 Å². The summed E-state index contributed by atoms with van der Waals surface area (Å²) in [6, 6.07) is 5.03. The first-order valence-corrected chi connectivity index (χ1v) is 7.34. The van der Waals surface area contributed by atoms with Gasteiger partial charge in [0.25, 0.3) is 0 Å². The number of ketones is 1. The van der Waals surface area contributed by atoms with Crippen LogP contribution in [0.15, 0.2) is 18.2 Å². The molecule has 104 valence electrons. The Kier molecular flexibility index (Phi) is 5.64. The van der Waals surface area contributed by atoms with Crippen LogP contribution in [0.1, 0.15) is 23.2 Å². The standard InChI is InChI=1S/C14H18Cl2N2O/c15-11-3-4-12(13(16)10-11)14(19)2-1-7-18-8-5-17-6-9-18/h3-4,10,17H,1-2,5-9H2. The second-order valence-corrected chi connectivity index (χ2v) is 5.59. The van der Waals surface area contributed by atoms with Crippen molar-refractivity contribution >= 4 is 29.0 Å². The number of Topliss-reactive ketones (excluding diaryl/α,β-unsaturated/α-hetero) is 1. The van der Waals surface area contributed by atoms with Crippen LogP contribution in [-0.2, 0) is 0 Å². The highest BCUT2D eigenvalue weighted by atomic mass is 35.5. The number of piperazine rings is 1. The average Bonchev–Trinajstić information content (AvgIpc) is 2.39. The zero-order valence-corrected chi connectivity index (χ0v) is 12.3. The molecule has 1 aromatic carbocycles. The molecule has 1 aliphatic heterocycles. The summed E-state index contributed by atoms with van der Waals surface area (Å²) < 4.78 is 0. The van der Waals surface area contributed by atoms with E-state index in [9.17, 15) is 4.79 Å². The third-order valence-corrected chi connectivity index (χ3v) is 3.87. The molecule has 2 rings (SSSR count). The van der Waals surface area contributed by atoms with Crippen LogP contribution >= 0.6 is 23.2 Å². The largest absolute Gasteiger partial charge is 0.314 e. The summed E-state index contributed by atoms with van der Waals surface area (Å²) in [5, 5.41) is 4.32. The molecule has 0 spiro atoms. The second kappa shape index (κ2) is 7.25. The fourth-order valence-electron chi connectivity index (χ4n) is 2.25. The van der Waals surface area contributed by atoms with Gasteiger partial charge in [-0.1, -0.05) is 23.2 Å². The Labute approximate surface area is 123 Å². The number of carbonyl (C=O) groups is 1. The van der Waals surface area contributed by atoms with Gasteiger partial charge in [0.2, 0.25) is 0 Å². The molecule has 0 aromatic heterocycles. The van der Waals surface area contributed by atoms with E-state index < -0.39 is 0 Å². The van der Waals surface area contributed by atoms with E-state index in [0.717, 1.165) is 39.1 Å². The maximum absolute atomic E-state index is 12.1. The number of nitrogens with zero attached hydrogens (tertiary/aromatic N) is 1. The summed E-state index contributed by atoms with van der Waals surface area (Å²) in [6.45, 7) is 5.18. The first-order chi connectivity index (χ1) is 9.16. The van der Waals surface area contributed by atoms with Crippen LogP contribution in [0.4, 0.5) is 0 Å². The van der Waals surface area contributed by atoms with Gasteiger partial charge in [-0.3, -0.25) is 4.79 Å². The molecule has 0 bridgehead atoms. The summed E-state index contributed by atoms with van der Waals surface area (Å²) in [7, 11) is 0. The molecule has 1 aromatic rings. The van der Waals surface area contributed by atoms with E-state index in [1.54, 1.807) is 18.2 Å². The summed E-state index contributed by atoms with van der Waals surface area (Å²) in [6.07, 6.45) is 1.41. The molecule has 0 radical (unpaired) electrons. The molecule has 3 nitrogen and oxygen atoms in total. The molecule has 1 aliphatic rings. The molecule has 5 heteroatoms. The van der Waals surface area contributed by atoms with Crippen molar-refractivity contribution in [1.29, 1.82) is 0 Å². The minimum Gasteiger partial charge on any atom is -0.314 e. The second-order valence-electron chi connectivity index (χ2n) is 4.74. The number of benzene rings is 1. The van der Waals surface area contributed by atoms with Gasteiger partial charge in [0.15, 0.2) is 5.78 Å². The van der Waals surface area contributed by atoms with Crippen molar-refractivity contribution in [2.75, 3.05) is 32.7 Å². The van der Waals surface area contributed by atoms with Gasteiger partial charge in [-0.15, -0.1) is 0 Å². The number of halogens is 2. The smallest absolute Gasteiger partial charge is 0.164 e. The van der Waals surface area contributed by atoms with Crippen LogP contribution < -0.4 is 5.32 Å². The summed E-state index contributed by atoms with van der Waals surface area (Å²) in [5.74, 6) is 0.0943. The Hall–Kier alpha value is -0.610. The van der Waals surface area contributed by atoms with Crippen LogP contribution in [0.25, 0.3) is 0 Å². The van der Waals surface area contributed by atoms with Gasteiger partial charge in [0.1, 0.15) is 0 Å². The lowest BCUT2D eigenvalue weighted by atomic mass is 10.1. The maximum atomic E-state index is 12.1. The van der Waals surface area contributed by atoms with E-state index in [2.05, 4.69) is 10.2 Å². The maximum Gasteiger partial charge on any atom is 0.164 e. The van der Waals surface area contributed by atoms with Gasteiger partial charge in [-0.05, 0) is 31.2 Å². The third kappa shape index (κ3) is 4.46. The SMILES string of the molecule is O=C(CCCN1CCNCC1)c1ccc(Cl)cc1Cl. The highest BCUT2D eigenvalue weighted by Gasteiger charge is 2.13. The first-order valence-electron chi connectivity index (χ1n) is 6.58. The molecule has 1 N–H and O–H groups in total. The Morgan fingerprint density at radius 2 is 2.00 bits per heavy atom. The molecule has 1 fully saturated rings. The zero-order chi connectivity index (χ0) is 13.7. The Bertz CT molecular complexity index is 445. The Morgan fingerprint density at radius 1 is 1.26 bits per heavy atom. The van der Waals surface area contributed by atoms with Crippen LogP contribution in [0, 0.1) is 0 Å². The molecule has 0 aliphatic carbocycles. The summed E-state index contributed by atoms with van der Waals surface area (Å²) in [5.41, 5.74) is 0.575. The third-order valence-electron chi connectivity index (χ3n) is 3.32. The van der Waals surface area contributed by atoms with Crippen LogP contribution in [0.3, 0.4) is 0 Å². The molecule has 0 atom stereocenters. The van der Waals surface area contributed by atoms with Crippen molar-refractivity contribution in [3.8, 4) is 0 Å². The van der Waals surface area contributed by atoms with E-state index in [4.69, 9.17) is 23.2 Å². The van der Waals surface area contributed by atoms with E-state index in [0.29, 0.717) is 22.0 Å². The Morgan fingerprint density at radius 3 is 2.68 bits per heavy atom. The monoisotopic (exact) mass is 300 g/mol. The normalized spacial score (nSPS) is 16.5. The summed E-state index contributed by atoms with van der Waals surface area (Å²) >= 11 is 11.8. The number of rotatable bonds is 5. The highest BCUT2D eigenvalue weighted by Crippen LogP contribution is 2.22. The lowest BCUT2D eigenvalue weighted by Gasteiger charge is -2.26. The molecule has 0 saturated carbocycles. The quantitative estimate of drug-likeness (QED) is 0.849. The van der Waals surface area contributed by atoms with E-state index >= 15 is 0 Å². The molecule has 19 heavy (non-hydrogen) atoms. The lowest BCUT2D eigenvalue weighted by Crippen LogP contribution is -2.43. The van der Waals surface area contributed by atoms with Crippen molar-refractivity contribution in [3.05, 3.63) is 33.8 Å². The number of nitrogens with one attached hydrogen (secondary N) is 1. The van der Waals surface area contributed by atoms with E-state index in [-0.39, 0.29) is 5.78 Å². The molecule has 1 saturated heterocycles. The highest BCUT2D eigenvalue weighted by molar-refractivity contribution is 6.36. The van der Waals surface area contributed by atoms with Gasteiger partial charge in [0.05, 0.1) is 5.02 Å². The fraction of sp³-hybridized carbons (Fsp3) is 0.500. The molecular weight excluding hydrogens is 283 g/mol. The van der Waals surface area contributed by atoms with Gasteiger partial charge in [0, 0.05) is 43.2 Å². The van der Waals surface area contributed by atoms with Gasteiger partial charge in [-0.2, -0.15) is 0 Å². The van der Waals surface area contributed by atoms with Crippen molar-refractivity contribution < 1.29 is 4.79 Å². The predicted molar refractivity (Wildman–Crippen MR) is 79.3 cm³/mol. The van der Waals surface area contributed by atoms with Crippen LogP contribution in [-0.4, -0.2) is 43.4 Å². The minimum atomic E-state index is 0.0943. The molecule has 0 unspecified atom stereocenters. The average molecular weight is 301 g/mol. The van der Waals surface area contributed by atoms with Gasteiger partial charge in [-0.25, -0.2) is 0 Å². The zero-order valence-electron chi connectivity index (χ0n) is 10.8. The van der Waals surface area contributed by atoms with Gasteiger partial charge >= 0.3 is 0 Å². The number of hydrogen-bond donors (Lipinski definition) is 1. The van der Waals surface area contributed by atoms with Crippen molar-refractivity contribution in [2.24, 2.45) is 0 Å². The molecule has 1 heterocycles. The predicted octanol–water partition coefficient (Wildman–Crippen LogP) is 2.86. The Balaban J connectivity index is 1.80. The lowest BCUT2D eigenvalue weighted by molar-refractivity contribution is 0.0974. The van der Waals surface area contributed by atoms with E-state index in [1.165, 1.54) is 0 Å². The summed E-state index contributed by atoms with van der Waals surface area (Å²) in [4.78, 5) is 14.4.